The van der Waals surface area contributed by atoms with Crippen LogP contribution < -0.4 is 10.2 Å². The normalized spacial score (nSPS) is 22.1. The van der Waals surface area contributed by atoms with Crippen molar-refractivity contribution in [3.8, 4) is 0 Å². The topological polar surface area (TPSA) is 24.5 Å². The fourth-order valence-corrected chi connectivity index (χ4v) is 2.83. The Morgan fingerprint density at radius 1 is 1.20 bits per heavy atom. The smallest absolute Gasteiger partial charge is 0.0750 e. The van der Waals surface area contributed by atoms with Crippen molar-refractivity contribution in [1.29, 1.82) is 0 Å². The van der Waals surface area contributed by atoms with Crippen molar-refractivity contribution in [2.45, 2.75) is 51.3 Å². The lowest BCUT2D eigenvalue weighted by Crippen LogP contribution is -2.32. The molecule has 0 bridgehead atoms. The van der Waals surface area contributed by atoms with Gasteiger partial charge in [-0.25, -0.2) is 0 Å². The van der Waals surface area contributed by atoms with Crippen LogP contribution in [-0.2, 0) is 11.3 Å². The molecular weight excluding hydrogens is 248 g/mol. The van der Waals surface area contributed by atoms with E-state index in [2.05, 4.69) is 41.4 Å². The lowest BCUT2D eigenvalue weighted by molar-refractivity contribution is 0.115. The van der Waals surface area contributed by atoms with Gasteiger partial charge in [-0.1, -0.05) is 12.1 Å². The summed E-state index contributed by atoms with van der Waals surface area (Å²) in [6, 6.07) is 9.79. The Labute approximate surface area is 122 Å². The first-order valence-corrected chi connectivity index (χ1v) is 8.04. The van der Waals surface area contributed by atoms with Gasteiger partial charge in [0.1, 0.15) is 0 Å². The zero-order valence-electron chi connectivity index (χ0n) is 12.5. The van der Waals surface area contributed by atoms with Crippen LogP contribution in [-0.4, -0.2) is 31.8 Å². The number of hydrogen-bond acceptors (Lipinski definition) is 3. The first-order chi connectivity index (χ1) is 9.85. The number of rotatable bonds is 7. The van der Waals surface area contributed by atoms with Crippen LogP contribution in [0.25, 0.3) is 0 Å². The zero-order valence-corrected chi connectivity index (χ0v) is 12.5. The van der Waals surface area contributed by atoms with Gasteiger partial charge in [0.15, 0.2) is 0 Å². The molecular formula is C17H26N2O. The fourth-order valence-electron chi connectivity index (χ4n) is 2.83. The summed E-state index contributed by atoms with van der Waals surface area (Å²) >= 11 is 0. The van der Waals surface area contributed by atoms with Crippen LogP contribution in [0.1, 0.15) is 38.2 Å². The van der Waals surface area contributed by atoms with Crippen LogP contribution in [0.15, 0.2) is 24.3 Å². The fraction of sp³-hybridized carbons (Fsp3) is 0.647. The number of benzene rings is 1. The van der Waals surface area contributed by atoms with Crippen molar-refractivity contribution in [3.63, 3.8) is 0 Å². The molecule has 0 aromatic heterocycles. The second-order valence-corrected chi connectivity index (χ2v) is 6.00. The van der Waals surface area contributed by atoms with E-state index in [4.69, 9.17) is 4.74 Å². The van der Waals surface area contributed by atoms with E-state index < -0.39 is 0 Å². The summed E-state index contributed by atoms with van der Waals surface area (Å²) < 4.78 is 5.75. The minimum Gasteiger partial charge on any atom is -0.376 e. The molecule has 3 nitrogen and oxygen atoms in total. The lowest BCUT2D eigenvalue weighted by Gasteiger charge is -2.26. The van der Waals surface area contributed by atoms with Crippen molar-refractivity contribution >= 4 is 5.69 Å². The molecule has 0 radical (unpaired) electrons. The van der Waals surface area contributed by atoms with Crippen molar-refractivity contribution < 1.29 is 4.74 Å². The Kier molecular flexibility index (Phi) is 4.58. The molecule has 1 heterocycles. The molecule has 1 unspecified atom stereocenters. The molecule has 1 aliphatic heterocycles. The second-order valence-electron chi connectivity index (χ2n) is 6.00. The Morgan fingerprint density at radius 2 is 2.00 bits per heavy atom. The molecule has 110 valence electrons. The van der Waals surface area contributed by atoms with Crippen molar-refractivity contribution in [2.75, 3.05) is 24.6 Å². The summed E-state index contributed by atoms with van der Waals surface area (Å²) in [7, 11) is 0. The first kappa shape index (κ1) is 13.9. The first-order valence-electron chi connectivity index (χ1n) is 8.04. The molecule has 0 amide bonds. The predicted octanol–water partition coefficient (Wildman–Crippen LogP) is 2.94. The molecule has 20 heavy (non-hydrogen) atoms. The molecule has 2 aliphatic rings. The lowest BCUT2D eigenvalue weighted by atomic mass is 10.1. The number of nitrogens with zero attached hydrogens (tertiary/aromatic N) is 1. The Balaban J connectivity index is 1.55. The monoisotopic (exact) mass is 274 g/mol. The maximum absolute atomic E-state index is 5.75. The van der Waals surface area contributed by atoms with E-state index in [-0.39, 0.29) is 0 Å². The van der Waals surface area contributed by atoms with Crippen LogP contribution in [0.2, 0.25) is 0 Å². The van der Waals surface area contributed by atoms with Gasteiger partial charge in [0.25, 0.3) is 0 Å². The van der Waals surface area contributed by atoms with E-state index >= 15 is 0 Å². The summed E-state index contributed by atoms with van der Waals surface area (Å²) in [6.45, 7) is 6.23. The SMILES string of the molecule is CCN(CC1CCCO1)c1ccc(CNC2CC2)cc1. The molecule has 3 heteroatoms. The number of likely N-dealkylation sites (N-methyl/N-ethyl adjacent to an activating group) is 1. The second kappa shape index (κ2) is 6.59. The molecule has 1 aromatic rings. The number of hydrogen-bond donors (Lipinski definition) is 1. The van der Waals surface area contributed by atoms with Gasteiger partial charge in [0, 0.05) is 38.0 Å². The highest BCUT2D eigenvalue weighted by Crippen LogP contribution is 2.21. The minimum absolute atomic E-state index is 0.422. The Bertz CT molecular complexity index is 408. The maximum Gasteiger partial charge on any atom is 0.0750 e. The third-order valence-electron chi connectivity index (χ3n) is 4.30. The van der Waals surface area contributed by atoms with Crippen molar-refractivity contribution in [2.24, 2.45) is 0 Å². The number of anilines is 1. The molecule has 1 aliphatic carbocycles. The van der Waals surface area contributed by atoms with Crippen molar-refractivity contribution in [3.05, 3.63) is 29.8 Å². The van der Waals surface area contributed by atoms with Crippen LogP contribution >= 0.6 is 0 Å². The van der Waals surface area contributed by atoms with Gasteiger partial charge in [-0.15, -0.1) is 0 Å². The molecule has 3 rings (SSSR count). The molecule has 1 atom stereocenters. The molecule has 1 saturated carbocycles. The Hall–Kier alpha value is -1.06. The standard InChI is InChI=1S/C17H26N2O/c1-2-19(13-17-4-3-11-20-17)16-9-5-14(6-10-16)12-18-15-7-8-15/h5-6,9-10,15,17-18H,2-4,7-8,11-13H2,1H3. The summed E-state index contributed by atoms with van der Waals surface area (Å²) in [5, 5.41) is 3.56. The van der Waals surface area contributed by atoms with E-state index in [0.29, 0.717) is 6.10 Å². The van der Waals surface area contributed by atoms with Gasteiger partial charge < -0.3 is 15.0 Å². The van der Waals surface area contributed by atoms with E-state index in [9.17, 15) is 0 Å². The van der Waals surface area contributed by atoms with Crippen LogP contribution in [0, 0.1) is 0 Å². The number of ether oxygens (including phenoxy) is 1. The third-order valence-corrected chi connectivity index (χ3v) is 4.30. The van der Waals surface area contributed by atoms with E-state index in [1.807, 2.05) is 0 Å². The largest absolute Gasteiger partial charge is 0.376 e. The summed E-state index contributed by atoms with van der Waals surface area (Å²) in [5.74, 6) is 0. The van der Waals surface area contributed by atoms with Crippen LogP contribution in [0.3, 0.4) is 0 Å². The van der Waals surface area contributed by atoms with Crippen molar-refractivity contribution in [1.82, 2.24) is 5.32 Å². The molecule has 1 saturated heterocycles. The van der Waals surface area contributed by atoms with Gasteiger partial charge >= 0.3 is 0 Å². The highest BCUT2D eigenvalue weighted by molar-refractivity contribution is 5.47. The highest BCUT2D eigenvalue weighted by Gasteiger charge is 2.20. The average Bonchev–Trinajstić information content (AvgIpc) is 3.18. The predicted molar refractivity (Wildman–Crippen MR) is 83.2 cm³/mol. The molecule has 2 fully saturated rings. The average molecular weight is 274 g/mol. The van der Waals surface area contributed by atoms with Gasteiger partial charge in [0.05, 0.1) is 6.10 Å². The van der Waals surface area contributed by atoms with Gasteiger partial charge in [-0.2, -0.15) is 0 Å². The van der Waals surface area contributed by atoms with E-state index in [0.717, 1.165) is 32.3 Å². The molecule has 1 N–H and O–H groups in total. The van der Waals surface area contributed by atoms with E-state index in [1.165, 1.54) is 36.9 Å². The van der Waals surface area contributed by atoms with Crippen LogP contribution in [0.4, 0.5) is 5.69 Å². The maximum atomic E-state index is 5.75. The van der Waals surface area contributed by atoms with Gasteiger partial charge in [-0.05, 0) is 50.3 Å². The van der Waals surface area contributed by atoms with Gasteiger partial charge in [0.2, 0.25) is 0 Å². The van der Waals surface area contributed by atoms with Gasteiger partial charge in [-0.3, -0.25) is 0 Å². The summed E-state index contributed by atoms with van der Waals surface area (Å²) in [6.07, 6.45) is 5.55. The third kappa shape index (κ3) is 3.74. The minimum atomic E-state index is 0.422. The van der Waals surface area contributed by atoms with E-state index in [1.54, 1.807) is 0 Å². The number of nitrogens with one attached hydrogen (secondary N) is 1. The summed E-state index contributed by atoms with van der Waals surface area (Å²) in [5.41, 5.74) is 2.70. The zero-order chi connectivity index (χ0) is 13.8. The summed E-state index contributed by atoms with van der Waals surface area (Å²) in [4.78, 5) is 2.42. The molecule has 1 aromatic carbocycles. The highest BCUT2D eigenvalue weighted by atomic mass is 16.5. The Morgan fingerprint density at radius 3 is 2.60 bits per heavy atom. The van der Waals surface area contributed by atoms with Crippen LogP contribution in [0.5, 0.6) is 0 Å². The molecule has 0 spiro atoms. The quantitative estimate of drug-likeness (QED) is 0.827.